The molecule has 0 spiro atoms. The molecule has 3 atom stereocenters. The van der Waals surface area contributed by atoms with Crippen LogP contribution in [0.5, 0.6) is 0 Å². The van der Waals surface area contributed by atoms with Crippen molar-refractivity contribution in [3.63, 3.8) is 0 Å². The molecule has 1 unspecified atom stereocenters. The topological polar surface area (TPSA) is 61.9 Å². The molecule has 3 saturated heterocycles. The second-order valence-corrected chi connectivity index (χ2v) is 9.66. The molecule has 3 aliphatic heterocycles. The number of morpholine rings is 1. The number of nitrogens with zero attached hydrogens (tertiary/aromatic N) is 2. The van der Waals surface area contributed by atoms with Crippen LogP contribution < -0.4 is 5.32 Å². The highest BCUT2D eigenvalue weighted by atomic mass is 16.5. The number of carbonyl (C=O) groups is 2. The number of likely N-dealkylation sites (tertiary alicyclic amines) is 2. The Morgan fingerprint density at radius 1 is 0.939 bits per heavy atom. The van der Waals surface area contributed by atoms with Crippen LogP contribution in [0.25, 0.3) is 0 Å². The molecule has 3 amide bonds. The minimum absolute atomic E-state index is 0.0265. The monoisotopic (exact) mass is 447 g/mol. The number of urea groups is 1. The molecule has 0 aliphatic carbocycles. The molecule has 2 aromatic rings. The first-order valence-corrected chi connectivity index (χ1v) is 12.1. The normalized spacial score (nSPS) is 24.7. The third-order valence-electron chi connectivity index (χ3n) is 7.47. The summed E-state index contributed by atoms with van der Waals surface area (Å²) in [5.74, 6) is 0.750. The summed E-state index contributed by atoms with van der Waals surface area (Å²) in [6.45, 7) is 5.01. The summed E-state index contributed by atoms with van der Waals surface area (Å²) in [5, 5.41) is 2.99. The summed E-state index contributed by atoms with van der Waals surface area (Å²) in [4.78, 5) is 28.9. The van der Waals surface area contributed by atoms with Gasteiger partial charge in [0.2, 0.25) is 5.91 Å². The summed E-state index contributed by atoms with van der Waals surface area (Å²) < 4.78 is 5.64. The van der Waals surface area contributed by atoms with Gasteiger partial charge < -0.3 is 19.9 Å². The second-order valence-electron chi connectivity index (χ2n) is 9.66. The number of carbonyl (C=O) groups excluding carboxylic acids is 2. The third kappa shape index (κ3) is 4.76. The predicted octanol–water partition coefficient (Wildman–Crippen LogP) is 3.55. The molecule has 1 N–H and O–H groups in total. The van der Waals surface area contributed by atoms with Crippen molar-refractivity contribution in [1.29, 1.82) is 0 Å². The van der Waals surface area contributed by atoms with Crippen molar-refractivity contribution in [3.05, 3.63) is 71.3 Å². The fraction of sp³-hybridized carbons (Fsp3) is 0.481. The Bertz CT molecular complexity index is 970. The zero-order chi connectivity index (χ0) is 22.8. The van der Waals surface area contributed by atoms with E-state index in [1.165, 1.54) is 16.7 Å². The summed E-state index contributed by atoms with van der Waals surface area (Å²) in [6.07, 6.45) is 2.77. The number of fused-ring (bicyclic) bond motifs is 1. The van der Waals surface area contributed by atoms with Gasteiger partial charge in [0, 0.05) is 32.1 Å². The highest BCUT2D eigenvalue weighted by molar-refractivity contribution is 5.79. The predicted molar refractivity (Wildman–Crippen MR) is 127 cm³/mol. The number of amides is 3. The fourth-order valence-electron chi connectivity index (χ4n) is 5.67. The number of nitrogens with one attached hydrogen (secondary N) is 1. The first kappa shape index (κ1) is 22.0. The maximum atomic E-state index is 13.3. The summed E-state index contributed by atoms with van der Waals surface area (Å²) in [6, 6.07) is 19.7. The molecule has 0 saturated carbocycles. The molecule has 0 radical (unpaired) electrons. The van der Waals surface area contributed by atoms with Crippen molar-refractivity contribution in [2.45, 2.75) is 44.2 Å². The summed E-state index contributed by atoms with van der Waals surface area (Å²) in [7, 11) is 0. The molecular formula is C27H33N3O3. The van der Waals surface area contributed by atoms with Gasteiger partial charge in [-0.2, -0.15) is 0 Å². The molecule has 0 bridgehead atoms. The second kappa shape index (κ2) is 9.56. The Hall–Kier alpha value is -2.86. The van der Waals surface area contributed by atoms with Crippen LogP contribution in [0.2, 0.25) is 0 Å². The van der Waals surface area contributed by atoms with E-state index in [2.05, 4.69) is 66.8 Å². The number of hydrogen-bond donors (Lipinski definition) is 1. The van der Waals surface area contributed by atoms with Crippen molar-refractivity contribution in [2.24, 2.45) is 5.92 Å². The quantitative estimate of drug-likeness (QED) is 0.783. The molecule has 5 rings (SSSR count). The molecule has 3 fully saturated rings. The Morgan fingerprint density at radius 2 is 1.61 bits per heavy atom. The van der Waals surface area contributed by atoms with Crippen LogP contribution in [-0.2, 0) is 9.53 Å². The smallest absolute Gasteiger partial charge is 0.320 e. The molecule has 6 nitrogen and oxygen atoms in total. The SMILES string of the molecule is Cc1ccc([C@H](c2ccccc2)C2CCN(C(=O)N3CCC4OCC(=O)N[C@@H]4C3)CC2)cc1. The van der Waals surface area contributed by atoms with E-state index in [1.54, 1.807) is 0 Å². The fourth-order valence-corrected chi connectivity index (χ4v) is 5.67. The molecule has 3 heterocycles. The van der Waals surface area contributed by atoms with E-state index in [1.807, 2.05) is 9.80 Å². The first-order chi connectivity index (χ1) is 16.1. The van der Waals surface area contributed by atoms with Crippen LogP contribution >= 0.6 is 0 Å². The van der Waals surface area contributed by atoms with E-state index in [-0.39, 0.29) is 30.7 Å². The zero-order valence-corrected chi connectivity index (χ0v) is 19.3. The first-order valence-electron chi connectivity index (χ1n) is 12.1. The van der Waals surface area contributed by atoms with Gasteiger partial charge in [-0.15, -0.1) is 0 Å². The Morgan fingerprint density at radius 3 is 2.33 bits per heavy atom. The van der Waals surface area contributed by atoms with Gasteiger partial charge in [0.05, 0.1) is 12.1 Å². The molecule has 2 aromatic carbocycles. The van der Waals surface area contributed by atoms with Gasteiger partial charge in [0.15, 0.2) is 0 Å². The molecule has 3 aliphatic rings. The van der Waals surface area contributed by atoms with Crippen molar-refractivity contribution in [3.8, 4) is 0 Å². The number of ether oxygens (including phenoxy) is 1. The minimum atomic E-state index is -0.0921. The van der Waals surface area contributed by atoms with Gasteiger partial charge in [-0.25, -0.2) is 4.79 Å². The highest BCUT2D eigenvalue weighted by Crippen LogP contribution is 2.38. The molecule has 33 heavy (non-hydrogen) atoms. The van der Waals surface area contributed by atoms with Gasteiger partial charge in [-0.05, 0) is 43.2 Å². The van der Waals surface area contributed by atoms with Crippen LogP contribution in [0.1, 0.15) is 41.9 Å². The van der Waals surface area contributed by atoms with Crippen molar-refractivity contribution < 1.29 is 14.3 Å². The van der Waals surface area contributed by atoms with Crippen molar-refractivity contribution in [2.75, 3.05) is 32.8 Å². The van der Waals surface area contributed by atoms with Gasteiger partial charge in [-0.3, -0.25) is 4.79 Å². The maximum absolute atomic E-state index is 13.3. The standard InChI is InChI=1S/C27H33N3O3/c1-19-7-9-21(10-8-19)26(20-5-3-2-4-6-20)22-11-14-29(15-12-22)27(32)30-16-13-24-23(17-30)28-25(31)18-33-24/h2-10,22-24,26H,11-18H2,1H3,(H,28,31)/t23-,24?,26+/m1/s1. The van der Waals surface area contributed by atoms with Crippen LogP contribution in [-0.4, -0.2) is 66.7 Å². The lowest BCUT2D eigenvalue weighted by Crippen LogP contribution is -2.62. The Balaban J connectivity index is 1.25. The molecule has 0 aromatic heterocycles. The van der Waals surface area contributed by atoms with Crippen LogP contribution in [0, 0.1) is 12.8 Å². The Labute approximate surface area is 195 Å². The van der Waals surface area contributed by atoms with E-state index in [9.17, 15) is 9.59 Å². The largest absolute Gasteiger partial charge is 0.366 e. The number of hydrogen-bond acceptors (Lipinski definition) is 3. The zero-order valence-electron chi connectivity index (χ0n) is 19.3. The van der Waals surface area contributed by atoms with Crippen LogP contribution in [0.15, 0.2) is 54.6 Å². The lowest BCUT2D eigenvalue weighted by molar-refractivity contribution is -0.139. The Kier molecular flexibility index (Phi) is 6.36. The van der Waals surface area contributed by atoms with Crippen molar-refractivity contribution in [1.82, 2.24) is 15.1 Å². The van der Waals surface area contributed by atoms with Gasteiger partial charge in [0.25, 0.3) is 0 Å². The summed E-state index contributed by atoms with van der Waals surface area (Å²) >= 11 is 0. The van der Waals surface area contributed by atoms with E-state index in [0.29, 0.717) is 24.9 Å². The van der Waals surface area contributed by atoms with E-state index in [4.69, 9.17) is 4.74 Å². The lowest BCUT2D eigenvalue weighted by Gasteiger charge is -2.44. The van der Waals surface area contributed by atoms with Gasteiger partial charge >= 0.3 is 6.03 Å². The number of benzene rings is 2. The van der Waals surface area contributed by atoms with E-state index in [0.717, 1.165) is 32.4 Å². The van der Waals surface area contributed by atoms with Gasteiger partial charge in [0.1, 0.15) is 6.61 Å². The molecule has 6 heteroatoms. The minimum Gasteiger partial charge on any atom is -0.366 e. The highest BCUT2D eigenvalue weighted by Gasteiger charge is 2.38. The number of rotatable bonds is 3. The van der Waals surface area contributed by atoms with Crippen LogP contribution in [0.3, 0.4) is 0 Å². The van der Waals surface area contributed by atoms with Gasteiger partial charge in [-0.1, -0.05) is 60.2 Å². The lowest BCUT2D eigenvalue weighted by atomic mass is 9.76. The van der Waals surface area contributed by atoms with E-state index < -0.39 is 0 Å². The molecule has 174 valence electrons. The van der Waals surface area contributed by atoms with E-state index >= 15 is 0 Å². The third-order valence-corrected chi connectivity index (χ3v) is 7.47. The maximum Gasteiger partial charge on any atom is 0.320 e. The van der Waals surface area contributed by atoms with Crippen LogP contribution in [0.4, 0.5) is 4.79 Å². The van der Waals surface area contributed by atoms with Crippen molar-refractivity contribution >= 4 is 11.9 Å². The summed E-state index contributed by atoms with van der Waals surface area (Å²) in [5.41, 5.74) is 3.97. The number of aryl methyl sites for hydroxylation is 1. The number of piperidine rings is 2. The average molecular weight is 448 g/mol. The average Bonchev–Trinajstić information content (AvgIpc) is 2.85. The molecular weight excluding hydrogens is 414 g/mol.